The average molecular weight is 244 g/mol. The van der Waals surface area contributed by atoms with E-state index in [9.17, 15) is 4.79 Å². The molecule has 0 saturated heterocycles. The summed E-state index contributed by atoms with van der Waals surface area (Å²) in [6.07, 6.45) is 0. The molecule has 1 aromatic carbocycles. The zero-order chi connectivity index (χ0) is 11.2. The molecule has 0 aliphatic heterocycles. The molecule has 80 valence electrons. The second-order valence-electron chi connectivity index (χ2n) is 2.12. The summed E-state index contributed by atoms with van der Waals surface area (Å²) >= 11 is 0. The summed E-state index contributed by atoms with van der Waals surface area (Å²) in [4.78, 5) is 10.2. The predicted molar refractivity (Wildman–Crippen MR) is 48.7 cm³/mol. The van der Waals surface area contributed by atoms with Gasteiger partial charge in [0.15, 0.2) is 0 Å². The monoisotopic (exact) mass is 244 g/mol. The maximum absolute atomic E-state index is 10.2. The van der Waals surface area contributed by atoms with Gasteiger partial charge < -0.3 is 6.53 Å². The van der Waals surface area contributed by atoms with Crippen molar-refractivity contribution >= 4 is 16.4 Å². The van der Waals surface area contributed by atoms with Crippen molar-refractivity contribution in [2.24, 2.45) is 0 Å². The van der Waals surface area contributed by atoms with Gasteiger partial charge in [0.25, 0.3) is 0 Å². The van der Waals surface area contributed by atoms with Crippen LogP contribution in [-0.2, 0) is 10.4 Å². The fourth-order valence-corrected chi connectivity index (χ4v) is 0.581. The van der Waals surface area contributed by atoms with E-state index < -0.39 is 16.4 Å². The number of carboxylic acids is 1. The van der Waals surface area contributed by atoms with Crippen LogP contribution in [0, 0.1) is 0 Å². The molecule has 0 atom stereocenters. The Labute approximate surface area is 110 Å². The number of benzene rings is 1. The molecule has 1 aromatic rings. The first kappa shape index (κ1) is 17.0. The molecule has 0 amide bonds. The van der Waals surface area contributed by atoms with Crippen molar-refractivity contribution in [3.63, 3.8) is 0 Å². The average Bonchev–Trinajstić information content (AvgIpc) is 2.03. The number of aromatic carboxylic acids is 1. The van der Waals surface area contributed by atoms with Crippen LogP contribution in [0.4, 0.5) is 0 Å². The van der Waals surface area contributed by atoms with E-state index in [1.165, 1.54) is 0 Å². The van der Waals surface area contributed by atoms with Crippen molar-refractivity contribution in [2.45, 2.75) is 0 Å². The van der Waals surface area contributed by atoms with Crippen molar-refractivity contribution < 1.29 is 58.4 Å². The van der Waals surface area contributed by atoms with Crippen LogP contribution in [0.3, 0.4) is 0 Å². The number of hydrogen-bond acceptors (Lipinski definition) is 3. The Morgan fingerprint density at radius 2 is 1.47 bits per heavy atom. The molecule has 0 unspecified atom stereocenters. The Bertz CT molecular complexity index is 385. The Kier molecular flexibility index (Phi) is 8.83. The largest absolute Gasteiger partial charge is 1.00 e. The first-order chi connectivity index (χ1) is 6.30. The molecule has 0 heterocycles. The van der Waals surface area contributed by atoms with E-state index in [0.717, 1.165) is 0 Å². The van der Waals surface area contributed by atoms with E-state index in [2.05, 4.69) is 0 Å². The molecule has 0 bridgehead atoms. The SMILES string of the molecule is O=C(O)c1ccccc1.O=S(=O)(O)O.[H-].[Na+]. The molecule has 0 saturated carbocycles. The van der Waals surface area contributed by atoms with Crippen molar-refractivity contribution in [1.82, 2.24) is 0 Å². The van der Waals surface area contributed by atoms with Gasteiger partial charge in [-0.1, -0.05) is 18.2 Å². The van der Waals surface area contributed by atoms with Crippen LogP contribution in [0.25, 0.3) is 0 Å². The Balaban J connectivity index is -0.000000214. The van der Waals surface area contributed by atoms with Gasteiger partial charge in [-0.25, -0.2) is 4.79 Å². The number of hydrogen-bond donors (Lipinski definition) is 3. The topological polar surface area (TPSA) is 112 Å². The van der Waals surface area contributed by atoms with Crippen molar-refractivity contribution in [3.8, 4) is 0 Å². The molecule has 0 spiro atoms. The van der Waals surface area contributed by atoms with E-state index >= 15 is 0 Å². The summed E-state index contributed by atoms with van der Waals surface area (Å²) in [6.45, 7) is 0. The molecular formula is C7H9NaO6S. The van der Waals surface area contributed by atoms with Gasteiger partial charge in [0.05, 0.1) is 5.56 Å². The molecule has 0 fully saturated rings. The molecule has 0 aliphatic rings. The molecule has 6 nitrogen and oxygen atoms in total. The van der Waals surface area contributed by atoms with Gasteiger partial charge in [0.2, 0.25) is 0 Å². The van der Waals surface area contributed by atoms with Crippen LogP contribution < -0.4 is 29.6 Å². The van der Waals surface area contributed by atoms with Crippen molar-refractivity contribution in [3.05, 3.63) is 35.9 Å². The second kappa shape index (κ2) is 7.80. The predicted octanol–water partition coefficient (Wildman–Crippen LogP) is -2.15. The van der Waals surface area contributed by atoms with Crippen LogP contribution in [0.2, 0.25) is 0 Å². The normalized spacial score (nSPS) is 9.20. The minimum atomic E-state index is -4.67. The second-order valence-corrected chi connectivity index (χ2v) is 3.01. The first-order valence-electron chi connectivity index (χ1n) is 3.29. The van der Waals surface area contributed by atoms with Crippen LogP contribution in [0.5, 0.6) is 0 Å². The quantitative estimate of drug-likeness (QED) is 0.383. The minimum Gasteiger partial charge on any atom is -1.00 e. The molecule has 8 heteroatoms. The van der Waals surface area contributed by atoms with Gasteiger partial charge in [-0.15, -0.1) is 0 Å². The van der Waals surface area contributed by atoms with E-state index in [4.69, 9.17) is 22.6 Å². The van der Waals surface area contributed by atoms with E-state index in [1.807, 2.05) is 0 Å². The molecule has 0 radical (unpaired) electrons. The Morgan fingerprint density at radius 1 is 1.13 bits per heavy atom. The molecule has 1 rings (SSSR count). The third kappa shape index (κ3) is 13.6. The van der Waals surface area contributed by atoms with Crippen LogP contribution in [-0.4, -0.2) is 28.6 Å². The summed E-state index contributed by atoms with van der Waals surface area (Å²) in [7, 11) is -4.67. The smallest absolute Gasteiger partial charge is 1.00 e. The van der Waals surface area contributed by atoms with Crippen LogP contribution >= 0.6 is 0 Å². The fraction of sp³-hybridized carbons (Fsp3) is 0. The van der Waals surface area contributed by atoms with E-state index in [0.29, 0.717) is 5.56 Å². The molecule has 0 aliphatic carbocycles. The molecule has 15 heavy (non-hydrogen) atoms. The zero-order valence-electron chi connectivity index (χ0n) is 8.86. The molecule has 3 N–H and O–H groups in total. The van der Waals surface area contributed by atoms with Crippen LogP contribution in [0.1, 0.15) is 11.8 Å². The van der Waals surface area contributed by atoms with E-state index in [1.54, 1.807) is 30.3 Å². The summed E-state index contributed by atoms with van der Waals surface area (Å²) in [5, 5.41) is 8.38. The first-order valence-corrected chi connectivity index (χ1v) is 4.68. The van der Waals surface area contributed by atoms with Gasteiger partial charge >= 0.3 is 45.9 Å². The van der Waals surface area contributed by atoms with Crippen molar-refractivity contribution in [2.75, 3.05) is 0 Å². The number of carbonyl (C=O) groups is 1. The number of carboxylic acid groups (broad SMARTS) is 1. The van der Waals surface area contributed by atoms with Gasteiger partial charge in [-0.3, -0.25) is 9.11 Å². The number of rotatable bonds is 1. The maximum Gasteiger partial charge on any atom is 1.00 e. The summed E-state index contributed by atoms with van der Waals surface area (Å²) in [6, 6.07) is 8.30. The van der Waals surface area contributed by atoms with Gasteiger partial charge in [0.1, 0.15) is 0 Å². The Morgan fingerprint density at radius 3 is 1.67 bits per heavy atom. The van der Waals surface area contributed by atoms with E-state index in [-0.39, 0.29) is 31.0 Å². The van der Waals surface area contributed by atoms with Gasteiger partial charge in [0, 0.05) is 0 Å². The summed E-state index contributed by atoms with van der Waals surface area (Å²) in [5.41, 5.74) is 0.331. The Hall–Kier alpha value is -0.440. The fourth-order valence-electron chi connectivity index (χ4n) is 0.581. The van der Waals surface area contributed by atoms with Crippen molar-refractivity contribution in [1.29, 1.82) is 0 Å². The zero-order valence-corrected chi connectivity index (χ0v) is 10.7. The summed E-state index contributed by atoms with van der Waals surface area (Å²) < 4.78 is 31.6. The van der Waals surface area contributed by atoms with Gasteiger partial charge in [-0.2, -0.15) is 8.42 Å². The minimum absolute atomic E-state index is 0. The maximum atomic E-state index is 10.2. The molecule has 0 aromatic heterocycles. The standard InChI is InChI=1S/C7H6O2.Na.H2O4S.H/c8-7(9)6-4-2-1-3-5-6;;1-5(2,3)4;/h1-5H,(H,8,9);;(H2,1,2,3,4);/q;+1;;-1. The van der Waals surface area contributed by atoms with Crippen LogP contribution in [0.15, 0.2) is 30.3 Å². The van der Waals surface area contributed by atoms with Gasteiger partial charge in [-0.05, 0) is 12.1 Å². The summed E-state index contributed by atoms with van der Waals surface area (Å²) in [5.74, 6) is -0.879. The molecular weight excluding hydrogens is 235 g/mol. The third-order valence-electron chi connectivity index (χ3n) is 1.02. The third-order valence-corrected chi connectivity index (χ3v) is 1.02.